The second kappa shape index (κ2) is 5.29. The Hall–Kier alpha value is -1.11. The minimum Gasteiger partial charge on any atom is -0.477 e. The summed E-state index contributed by atoms with van der Waals surface area (Å²) in [6, 6.07) is 1.49. The third-order valence-electron chi connectivity index (χ3n) is 2.20. The maximum atomic E-state index is 10.7. The topological polar surface area (TPSA) is 90.7 Å². The van der Waals surface area contributed by atoms with Crippen molar-refractivity contribution in [3.8, 4) is 0 Å². The normalized spacial score (nSPS) is 14.5. The van der Waals surface area contributed by atoms with Gasteiger partial charge in [0.1, 0.15) is 6.10 Å². The molecule has 1 heterocycles. The fraction of sp³-hybridized carbons (Fsp3) is 0.400. The summed E-state index contributed by atoms with van der Waals surface area (Å²) in [6.07, 6.45) is -0.861. The maximum absolute atomic E-state index is 10.7. The van der Waals surface area contributed by atoms with Gasteiger partial charge >= 0.3 is 5.97 Å². The lowest BCUT2D eigenvalue weighted by Crippen LogP contribution is -2.20. The third-order valence-corrected chi connectivity index (χ3v) is 2.57. The van der Waals surface area contributed by atoms with Crippen molar-refractivity contribution >= 4 is 18.6 Å². The number of aromatic nitrogens is 1. The van der Waals surface area contributed by atoms with Crippen molar-refractivity contribution in [1.29, 1.82) is 0 Å². The number of carbonyl (C=O) groups is 1. The molecule has 2 unspecified atom stereocenters. The van der Waals surface area contributed by atoms with Crippen molar-refractivity contribution in [2.24, 2.45) is 0 Å². The Morgan fingerprint density at radius 2 is 2.19 bits per heavy atom. The molecule has 6 heteroatoms. The molecule has 0 aliphatic heterocycles. The van der Waals surface area contributed by atoms with Crippen molar-refractivity contribution in [3.05, 3.63) is 29.1 Å². The molecule has 1 aromatic heterocycles. The molecule has 2 atom stereocenters. The number of aliphatic hydroxyl groups is 2. The molecule has 0 amide bonds. The standard InChI is InChI=1S/C10H13NO4S/c1-5-2-6(9(13)7(12)4-16)3-11-8(5)10(14)15/h2-3,7,9,12-13,16H,4H2,1H3,(H,14,15). The Balaban J connectivity index is 3.01. The van der Waals surface area contributed by atoms with Crippen LogP contribution in [-0.2, 0) is 0 Å². The summed E-state index contributed by atoms with van der Waals surface area (Å²) < 4.78 is 0. The van der Waals surface area contributed by atoms with E-state index >= 15 is 0 Å². The lowest BCUT2D eigenvalue weighted by Gasteiger charge is -2.16. The number of nitrogens with zero attached hydrogens (tertiary/aromatic N) is 1. The van der Waals surface area contributed by atoms with E-state index in [1.165, 1.54) is 12.3 Å². The zero-order valence-electron chi connectivity index (χ0n) is 8.66. The van der Waals surface area contributed by atoms with Gasteiger partial charge in [0.25, 0.3) is 0 Å². The monoisotopic (exact) mass is 243 g/mol. The summed E-state index contributed by atoms with van der Waals surface area (Å²) in [6.45, 7) is 1.58. The van der Waals surface area contributed by atoms with Crippen molar-refractivity contribution in [2.75, 3.05) is 5.75 Å². The number of hydrogen-bond acceptors (Lipinski definition) is 5. The molecule has 1 rings (SSSR count). The van der Waals surface area contributed by atoms with E-state index in [0.29, 0.717) is 11.1 Å². The highest BCUT2D eigenvalue weighted by Crippen LogP contribution is 2.19. The SMILES string of the molecule is Cc1cc(C(O)C(O)CS)cnc1C(=O)O. The number of thiol groups is 1. The van der Waals surface area contributed by atoms with Gasteiger partial charge in [0.2, 0.25) is 0 Å². The number of hydrogen-bond donors (Lipinski definition) is 4. The van der Waals surface area contributed by atoms with Gasteiger partial charge in [-0.25, -0.2) is 9.78 Å². The highest BCUT2D eigenvalue weighted by Gasteiger charge is 2.19. The number of aryl methyl sites for hydroxylation is 1. The number of carboxylic acid groups (broad SMARTS) is 1. The second-order valence-electron chi connectivity index (χ2n) is 3.43. The van der Waals surface area contributed by atoms with Gasteiger partial charge in [-0.2, -0.15) is 12.6 Å². The van der Waals surface area contributed by atoms with Crippen LogP contribution in [0.25, 0.3) is 0 Å². The Labute approximate surface area is 98.2 Å². The molecule has 3 N–H and O–H groups in total. The summed E-state index contributed by atoms with van der Waals surface area (Å²) in [5, 5.41) is 27.8. The summed E-state index contributed by atoms with van der Waals surface area (Å²) >= 11 is 3.86. The Morgan fingerprint density at radius 3 is 2.62 bits per heavy atom. The van der Waals surface area contributed by atoms with E-state index in [2.05, 4.69) is 17.6 Å². The minimum atomic E-state index is -1.12. The van der Waals surface area contributed by atoms with Crippen LogP contribution in [0.1, 0.15) is 27.7 Å². The lowest BCUT2D eigenvalue weighted by molar-refractivity contribution is 0.0334. The molecule has 0 aliphatic rings. The van der Waals surface area contributed by atoms with Gasteiger partial charge in [-0.15, -0.1) is 0 Å². The van der Waals surface area contributed by atoms with Gasteiger partial charge < -0.3 is 15.3 Å². The van der Waals surface area contributed by atoms with Crippen LogP contribution in [-0.4, -0.2) is 38.1 Å². The Kier molecular flexibility index (Phi) is 4.28. The first-order chi connectivity index (χ1) is 7.47. The van der Waals surface area contributed by atoms with Crippen LogP contribution in [0.2, 0.25) is 0 Å². The molecule has 0 radical (unpaired) electrons. The second-order valence-corrected chi connectivity index (χ2v) is 3.80. The molecular weight excluding hydrogens is 230 g/mol. The number of rotatable bonds is 4. The minimum absolute atomic E-state index is 0.0590. The maximum Gasteiger partial charge on any atom is 0.354 e. The fourth-order valence-corrected chi connectivity index (χ4v) is 1.50. The summed E-state index contributed by atoms with van der Waals surface area (Å²) in [5.41, 5.74) is 0.760. The smallest absolute Gasteiger partial charge is 0.354 e. The Bertz CT molecular complexity index is 396. The molecule has 0 fully saturated rings. The number of aromatic carboxylic acids is 1. The van der Waals surface area contributed by atoms with Crippen molar-refractivity contribution in [1.82, 2.24) is 4.98 Å². The summed E-state index contributed by atoms with van der Waals surface area (Å²) in [5.74, 6) is -1.01. The molecule has 0 spiro atoms. The van der Waals surface area contributed by atoms with Crippen LogP contribution in [0, 0.1) is 6.92 Å². The van der Waals surface area contributed by atoms with Crippen LogP contribution >= 0.6 is 12.6 Å². The molecule has 1 aromatic rings. The fourth-order valence-electron chi connectivity index (χ4n) is 1.30. The molecule has 88 valence electrons. The first-order valence-corrected chi connectivity index (χ1v) is 5.27. The average Bonchev–Trinajstić information content (AvgIpc) is 2.26. The molecule has 16 heavy (non-hydrogen) atoms. The molecule has 0 aromatic carbocycles. The van der Waals surface area contributed by atoms with Gasteiger partial charge in [-0.1, -0.05) is 0 Å². The third kappa shape index (κ3) is 2.72. The molecule has 0 aliphatic carbocycles. The van der Waals surface area contributed by atoms with Crippen LogP contribution < -0.4 is 0 Å². The van der Waals surface area contributed by atoms with Gasteiger partial charge in [-0.3, -0.25) is 0 Å². The zero-order valence-corrected chi connectivity index (χ0v) is 9.56. The van der Waals surface area contributed by atoms with Gasteiger partial charge in [0.15, 0.2) is 5.69 Å². The van der Waals surface area contributed by atoms with Crippen LogP contribution in [0.3, 0.4) is 0 Å². The molecule has 0 saturated carbocycles. The van der Waals surface area contributed by atoms with E-state index in [-0.39, 0.29) is 11.4 Å². The quantitative estimate of drug-likeness (QED) is 0.575. The highest BCUT2D eigenvalue weighted by atomic mass is 32.1. The predicted molar refractivity (Wildman–Crippen MR) is 60.8 cm³/mol. The number of pyridine rings is 1. The Morgan fingerprint density at radius 1 is 1.56 bits per heavy atom. The van der Waals surface area contributed by atoms with Crippen molar-refractivity contribution < 1.29 is 20.1 Å². The first kappa shape index (κ1) is 13.0. The predicted octanol–water partition coefficient (Wildman–Crippen LogP) is 0.412. The van der Waals surface area contributed by atoms with Gasteiger partial charge in [-0.05, 0) is 18.6 Å². The van der Waals surface area contributed by atoms with E-state index in [1.54, 1.807) is 6.92 Å². The molecule has 0 bridgehead atoms. The first-order valence-electron chi connectivity index (χ1n) is 4.64. The van der Waals surface area contributed by atoms with E-state index in [0.717, 1.165) is 0 Å². The van der Waals surface area contributed by atoms with E-state index in [1.807, 2.05) is 0 Å². The molecule has 0 saturated heterocycles. The lowest BCUT2D eigenvalue weighted by atomic mass is 10.0. The van der Waals surface area contributed by atoms with E-state index in [4.69, 9.17) is 5.11 Å². The molecule has 5 nitrogen and oxygen atoms in total. The van der Waals surface area contributed by atoms with Crippen LogP contribution in [0.4, 0.5) is 0 Å². The van der Waals surface area contributed by atoms with Gasteiger partial charge in [0.05, 0.1) is 6.10 Å². The molecular formula is C10H13NO4S. The van der Waals surface area contributed by atoms with Crippen molar-refractivity contribution in [3.63, 3.8) is 0 Å². The van der Waals surface area contributed by atoms with Crippen LogP contribution in [0.5, 0.6) is 0 Å². The average molecular weight is 243 g/mol. The summed E-state index contributed by atoms with van der Waals surface area (Å²) in [4.78, 5) is 14.4. The van der Waals surface area contributed by atoms with Crippen molar-refractivity contribution in [2.45, 2.75) is 19.1 Å². The largest absolute Gasteiger partial charge is 0.477 e. The van der Waals surface area contributed by atoms with E-state index in [9.17, 15) is 15.0 Å². The summed E-state index contributed by atoms with van der Waals surface area (Å²) in [7, 11) is 0. The van der Waals surface area contributed by atoms with Crippen LogP contribution in [0.15, 0.2) is 12.3 Å². The number of aliphatic hydroxyl groups excluding tert-OH is 2. The highest BCUT2D eigenvalue weighted by molar-refractivity contribution is 7.80. The van der Waals surface area contributed by atoms with E-state index < -0.39 is 18.2 Å². The van der Waals surface area contributed by atoms with Gasteiger partial charge in [0, 0.05) is 17.5 Å². The number of carboxylic acids is 1. The zero-order chi connectivity index (χ0) is 12.3.